The molecule has 1 saturated carbocycles. The largest absolute Gasteiger partial charge is 0.382 e. The van der Waals surface area contributed by atoms with Crippen LogP contribution in [0.2, 0.25) is 0 Å². The Morgan fingerprint density at radius 1 is 0.905 bits per heavy atom. The normalized spacial score (nSPS) is 21.0. The number of nitrogens with two attached hydrogens (primary N) is 1. The molecule has 5 aromatic rings. The summed E-state index contributed by atoms with van der Waals surface area (Å²) in [6.45, 7) is 4.03. The van der Waals surface area contributed by atoms with Gasteiger partial charge in [-0.2, -0.15) is 0 Å². The fourth-order valence-corrected chi connectivity index (χ4v) is 6.70. The SMILES string of the molecule is Nc1nccn2c(C3CC(N4CCN(c5cnccn5)CC4)C3)nc(-c3ccc4ccc(C5=CC=CCC5)nc4c3)c12. The van der Waals surface area contributed by atoms with Gasteiger partial charge in [0.15, 0.2) is 0 Å². The summed E-state index contributed by atoms with van der Waals surface area (Å²) < 4.78 is 2.16. The summed E-state index contributed by atoms with van der Waals surface area (Å²) in [7, 11) is 0. The van der Waals surface area contributed by atoms with Crippen molar-refractivity contribution in [2.45, 2.75) is 37.6 Å². The fraction of sp³-hybridized carbons (Fsp3) is 0.303. The van der Waals surface area contributed by atoms with E-state index in [2.05, 4.69) is 77.7 Å². The van der Waals surface area contributed by atoms with Gasteiger partial charge in [0.25, 0.3) is 0 Å². The van der Waals surface area contributed by atoms with E-state index in [1.54, 1.807) is 18.6 Å². The van der Waals surface area contributed by atoms with Crippen LogP contribution in [0.25, 0.3) is 33.3 Å². The Balaban J connectivity index is 1.05. The third-order valence-electron chi connectivity index (χ3n) is 9.10. The molecule has 2 fully saturated rings. The summed E-state index contributed by atoms with van der Waals surface area (Å²) in [6, 6.07) is 11.3. The molecule has 9 heteroatoms. The van der Waals surface area contributed by atoms with Gasteiger partial charge in [-0.1, -0.05) is 36.4 Å². The molecule has 9 nitrogen and oxygen atoms in total. The first kappa shape index (κ1) is 25.1. The van der Waals surface area contributed by atoms with E-state index in [-0.39, 0.29) is 0 Å². The number of allylic oxidation sites excluding steroid dienone is 4. The number of anilines is 2. The molecule has 210 valence electrons. The summed E-state index contributed by atoms with van der Waals surface area (Å²) in [6.07, 6.45) is 19.9. The van der Waals surface area contributed by atoms with Crippen LogP contribution in [0.15, 0.2) is 79.5 Å². The van der Waals surface area contributed by atoms with E-state index < -0.39 is 0 Å². The smallest absolute Gasteiger partial charge is 0.150 e. The lowest BCUT2D eigenvalue weighted by Crippen LogP contribution is -2.54. The first-order valence-electron chi connectivity index (χ1n) is 14.9. The Hall–Kier alpha value is -4.63. The quantitative estimate of drug-likeness (QED) is 0.319. The molecule has 4 aromatic heterocycles. The van der Waals surface area contributed by atoms with Gasteiger partial charge in [0.05, 0.1) is 17.4 Å². The van der Waals surface area contributed by atoms with Gasteiger partial charge in [0, 0.05) is 73.9 Å². The molecular formula is C33H33N9. The molecule has 0 bridgehead atoms. The van der Waals surface area contributed by atoms with Crippen molar-refractivity contribution in [3.05, 3.63) is 91.1 Å². The molecule has 2 N–H and O–H groups in total. The van der Waals surface area contributed by atoms with Gasteiger partial charge >= 0.3 is 0 Å². The van der Waals surface area contributed by atoms with Crippen molar-refractivity contribution in [3.63, 3.8) is 0 Å². The minimum absolute atomic E-state index is 0.382. The molecule has 1 aromatic carbocycles. The zero-order valence-corrected chi connectivity index (χ0v) is 23.5. The Morgan fingerprint density at radius 3 is 2.60 bits per heavy atom. The standard InChI is InChI=1S/C33H33N9/c34-32-31-30(24-7-6-23-8-9-27(38-28(23)20-24)22-4-2-1-3-5-22)39-33(42(31)13-12-37-32)25-18-26(19-25)40-14-16-41(17-15-40)29-21-35-10-11-36-29/h1-2,4,6-13,20-21,25-26H,3,5,14-19H2,(H2,34,37). The van der Waals surface area contributed by atoms with Crippen molar-refractivity contribution in [1.82, 2.24) is 34.2 Å². The van der Waals surface area contributed by atoms with Gasteiger partial charge in [-0.3, -0.25) is 14.3 Å². The molecule has 0 spiro atoms. The molecular weight excluding hydrogens is 522 g/mol. The number of nitrogens with zero attached hydrogens (tertiary/aromatic N) is 8. The number of pyridine rings is 1. The number of benzene rings is 1. The van der Waals surface area contributed by atoms with Crippen LogP contribution < -0.4 is 10.6 Å². The molecule has 1 aliphatic heterocycles. The highest BCUT2D eigenvalue weighted by Gasteiger charge is 2.38. The lowest BCUT2D eigenvalue weighted by atomic mass is 9.78. The van der Waals surface area contributed by atoms with Crippen LogP contribution in [0.4, 0.5) is 11.6 Å². The third-order valence-corrected chi connectivity index (χ3v) is 9.10. The summed E-state index contributed by atoms with van der Waals surface area (Å²) in [4.78, 5) is 28.4. The number of fused-ring (bicyclic) bond motifs is 2. The van der Waals surface area contributed by atoms with Gasteiger partial charge in [-0.05, 0) is 43.4 Å². The molecule has 42 heavy (non-hydrogen) atoms. The number of piperazine rings is 1. The van der Waals surface area contributed by atoms with E-state index in [1.165, 1.54) is 5.57 Å². The van der Waals surface area contributed by atoms with Gasteiger partial charge < -0.3 is 10.6 Å². The second kappa shape index (κ2) is 10.3. The van der Waals surface area contributed by atoms with E-state index in [9.17, 15) is 0 Å². The lowest BCUT2D eigenvalue weighted by molar-refractivity contribution is 0.0992. The number of aromatic nitrogens is 6. The Kier molecular flexibility index (Phi) is 6.18. The number of hydrogen-bond acceptors (Lipinski definition) is 8. The maximum absolute atomic E-state index is 6.48. The van der Waals surface area contributed by atoms with Gasteiger partial charge in [-0.25, -0.2) is 19.9 Å². The average Bonchev–Trinajstić information content (AvgIpc) is 3.41. The van der Waals surface area contributed by atoms with Crippen molar-refractivity contribution < 1.29 is 0 Å². The Bertz CT molecular complexity index is 1830. The second-order valence-corrected chi connectivity index (χ2v) is 11.5. The number of hydrogen-bond donors (Lipinski definition) is 1. The summed E-state index contributed by atoms with van der Waals surface area (Å²) in [5.41, 5.74) is 12.5. The maximum Gasteiger partial charge on any atom is 0.150 e. The van der Waals surface area contributed by atoms with E-state index in [1.807, 2.05) is 12.4 Å². The second-order valence-electron chi connectivity index (χ2n) is 11.5. The van der Waals surface area contributed by atoms with Crippen molar-refractivity contribution in [1.29, 1.82) is 0 Å². The van der Waals surface area contributed by atoms with Crippen LogP contribution in [0.1, 0.15) is 43.1 Å². The molecule has 0 amide bonds. The van der Waals surface area contributed by atoms with Crippen LogP contribution in [0, 0.1) is 0 Å². The maximum atomic E-state index is 6.48. The highest BCUT2D eigenvalue weighted by molar-refractivity contribution is 5.91. The summed E-state index contributed by atoms with van der Waals surface area (Å²) in [5, 5.41) is 1.12. The van der Waals surface area contributed by atoms with Crippen LogP contribution in [-0.2, 0) is 0 Å². The molecule has 5 heterocycles. The number of imidazole rings is 1. The average molecular weight is 556 g/mol. The Labute approximate surface area is 244 Å². The molecule has 0 atom stereocenters. The van der Waals surface area contributed by atoms with Crippen LogP contribution in [0.3, 0.4) is 0 Å². The zero-order valence-electron chi connectivity index (χ0n) is 23.5. The summed E-state index contributed by atoms with van der Waals surface area (Å²) in [5.74, 6) is 2.93. The predicted molar refractivity (Wildman–Crippen MR) is 166 cm³/mol. The number of nitrogen functional groups attached to an aromatic ring is 1. The topological polar surface area (TPSA) is 101 Å². The fourth-order valence-electron chi connectivity index (χ4n) is 6.70. The zero-order chi connectivity index (χ0) is 28.0. The van der Waals surface area contributed by atoms with Crippen LogP contribution in [-0.4, -0.2) is 66.4 Å². The number of rotatable bonds is 5. The van der Waals surface area contributed by atoms with Crippen molar-refractivity contribution in [3.8, 4) is 11.3 Å². The highest BCUT2D eigenvalue weighted by atomic mass is 15.3. The van der Waals surface area contributed by atoms with E-state index in [0.29, 0.717) is 17.8 Å². The molecule has 2 aliphatic carbocycles. The van der Waals surface area contributed by atoms with Gasteiger partial charge in [0.2, 0.25) is 0 Å². The molecule has 0 unspecified atom stereocenters. The first-order valence-corrected chi connectivity index (χ1v) is 14.9. The van der Waals surface area contributed by atoms with Crippen LogP contribution in [0.5, 0.6) is 0 Å². The summed E-state index contributed by atoms with van der Waals surface area (Å²) >= 11 is 0. The van der Waals surface area contributed by atoms with Gasteiger partial charge in [-0.15, -0.1) is 0 Å². The minimum Gasteiger partial charge on any atom is -0.382 e. The molecule has 8 rings (SSSR count). The van der Waals surface area contributed by atoms with Crippen molar-refractivity contribution in [2.75, 3.05) is 36.8 Å². The van der Waals surface area contributed by atoms with Crippen molar-refractivity contribution >= 4 is 33.6 Å². The monoisotopic (exact) mass is 555 g/mol. The Morgan fingerprint density at radius 2 is 1.79 bits per heavy atom. The molecule has 0 radical (unpaired) electrons. The van der Waals surface area contributed by atoms with E-state index in [4.69, 9.17) is 15.7 Å². The van der Waals surface area contributed by atoms with Gasteiger partial charge in [0.1, 0.15) is 28.7 Å². The van der Waals surface area contributed by atoms with E-state index in [0.717, 1.165) is 96.9 Å². The van der Waals surface area contributed by atoms with Crippen LogP contribution >= 0.6 is 0 Å². The highest BCUT2D eigenvalue weighted by Crippen LogP contribution is 2.42. The third kappa shape index (κ3) is 4.41. The van der Waals surface area contributed by atoms with Crippen molar-refractivity contribution in [2.24, 2.45) is 0 Å². The predicted octanol–water partition coefficient (Wildman–Crippen LogP) is 5.12. The lowest BCUT2D eigenvalue weighted by Gasteiger charge is -2.46. The minimum atomic E-state index is 0.382. The first-order chi connectivity index (χ1) is 20.7. The molecule has 1 saturated heterocycles. The molecule has 3 aliphatic rings. The van der Waals surface area contributed by atoms with E-state index >= 15 is 0 Å².